The van der Waals surface area contributed by atoms with Crippen LogP contribution in [0.2, 0.25) is 0 Å². The summed E-state index contributed by atoms with van der Waals surface area (Å²) in [5, 5.41) is 20.0. The lowest BCUT2D eigenvalue weighted by Crippen LogP contribution is -2.34. The van der Waals surface area contributed by atoms with E-state index in [0.29, 0.717) is 22.6 Å². The minimum absolute atomic E-state index is 0.0160. The SMILES string of the molecule is COc1cc2c(C(=O)O)cnc(C(=O)c3cccc(OCC(=O)NC(C)C)c3)c2cc1OC.O=C(O)C(F)(F)F. The van der Waals surface area contributed by atoms with E-state index in [-0.39, 0.29) is 40.8 Å². The predicted octanol–water partition coefficient (Wildman–Crippen LogP) is 3.72. The Morgan fingerprint density at radius 2 is 1.55 bits per heavy atom. The lowest BCUT2D eigenvalue weighted by Gasteiger charge is -2.13. The number of fused-ring (bicyclic) bond motifs is 1. The summed E-state index contributed by atoms with van der Waals surface area (Å²) in [6.07, 6.45) is -3.94. The van der Waals surface area contributed by atoms with Gasteiger partial charge in [-0.25, -0.2) is 9.59 Å². The number of ether oxygens (including phenoxy) is 3. The van der Waals surface area contributed by atoms with Crippen LogP contribution in [0.15, 0.2) is 42.6 Å². The van der Waals surface area contributed by atoms with E-state index < -0.39 is 23.9 Å². The third kappa shape index (κ3) is 8.06. The van der Waals surface area contributed by atoms with E-state index in [1.807, 2.05) is 13.8 Å². The number of carboxylic acid groups (broad SMARTS) is 2. The number of halogens is 3. The fourth-order valence-electron chi connectivity index (χ4n) is 3.29. The number of aromatic nitrogens is 1. The number of methoxy groups -OCH3 is 2. The molecule has 0 saturated carbocycles. The molecule has 0 aliphatic heterocycles. The Labute approximate surface area is 225 Å². The van der Waals surface area contributed by atoms with Crippen LogP contribution in [0.25, 0.3) is 10.8 Å². The van der Waals surface area contributed by atoms with E-state index in [1.165, 1.54) is 32.4 Å². The van der Waals surface area contributed by atoms with Crippen molar-refractivity contribution in [2.45, 2.75) is 26.1 Å². The number of amides is 1. The summed E-state index contributed by atoms with van der Waals surface area (Å²) in [5.74, 6) is -3.67. The summed E-state index contributed by atoms with van der Waals surface area (Å²) in [7, 11) is 2.88. The minimum Gasteiger partial charge on any atom is -0.493 e. The second-order valence-electron chi connectivity index (χ2n) is 8.25. The monoisotopic (exact) mass is 566 g/mol. The zero-order valence-electron chi connectivity index (χ0n) is 21.7. The Kier molecular flexibility index (Phi) is 10.4. The summed E-state index contributed by atoms with van der Waals surface area (Å²) in [6.45, 7) is 3.49. The fraction of sp³-hybridized carbons (Fsp3) is 0.269. The van der Waals surface area contributed by atoms with Crippen LogP contribution in [0, 0.1) is 0 Å². The van der Waals surface area contributed by atoms with E-state index >= 15 is 0 Å². The van der Waals surface area contributed by atoms with Gasteiger partial charge in [0.05, 0.1) is 19.8 Å². The van der Waals surface area contributed by atoms with Gasteiger partial charge in [0.1, 0.15) is 11.4 Å². The highest BCUT2D eigenvalue weighted by molar-refractivity contribution is 6.18. The number of aromatic carboxylic acids is 1. The number of carbonyl (C=O) groups is 4. The summed E-state index contributed by atoms with van der Waals surface area (Å²) in [5.41, 5.74) is 0.241. The second-order valence-corrected chi connectivity index (χ2v) is 8.25. The van der Waals surface area contributed by atoms with Crippen LogP contribution in [0.1, 0.15) is 40.3 Å². The first-order valence-electron chi connectivity index (χ1n) is 11.3. The molecule has 1 aromatic heterocycles. The van der Waals surface area contributed by atoms with Crippen LogP contribution in [0.5, 0.6) is 17.2 Å². The van der Waals surface area contributed by atoms with Gasteiger partial charge in [-0.15, -0.1) is 0 Å². The lowest BCUT2D eigenvalue weighted by molar-refractivity contribution is -0.192. The molecule has 0 fully saturated rings. The standard InChI is InChI=1S/C24H24N2O7.C2HF3O2/c1-13(2)26-21(27)12-33-15-7-5-6-14(8-15)23(28)22-17-10-20(32-4)19(31-3)9-16(17)18(11-25-22)24(29)30;3-2(4,5)1(6)7/h5-11,13H,12H2,1-4H3,(H,26,27)(H,29,30);(H,6,7). The first kappa shape index (κ1) is 31.3. The maximum Gasteiger partial charge on any atom is 0.490 e. The van der Waals surface area contributed by atoms with Crippen LogP contribution in [0.3, 0.4) is 0 Å². The number of ketones is 1. The van der Waals surface area contributed by atoms with E-state index in [0.717, 1.165) is 6.20 Å². The molecule has 14 heteroatoms. The highest BCUT2D eigenvalue weighted by Gasteiger charge is 2.38. The van der Waals surface area contributed by atoms with Crippen LogP contribution in [-0.2, 0) is 9.59 Å². The number of nitrogens with one attached hydrogen (secondary N) is 1. The van der Waals surface area contributed by atoms with E-state index in [4.69, 9.17) is 24.1 Å². The molecule has 11 nitrogen and oxygen atoms in total. The molecule has 0 radical (unpaired) electrons. The van der Waals surface area contributed by atoms with Gasteiger partial charge in [-0.3, -0.25) is 14.6 Å². The van der Waals surface area contributed by atoms with Crippen molar-refractivity contribution in [2.75, 3.05) is 20.8 Å². The first-order valence-corrected chi connectivity index (χ1v) is 11.3. The molecule has 1 heterocycles. The number of nitrogens with zero attached hydrogens (tertiary/aromatic N) is 1. The Hall–Kier alpha value is -4.88. The van der Waals surface area contributed by atoms with Crippen LogP contribution in [0.4, 0.5) is 13.2 Å². The maximum atomic E-state index is 13.3. The molecule has 40 heavy (non-hydrogen) atoms. The third-order valence-corrected chi connectivity index (χ3v) is 5.00. The van der Waals surface area contributed by atoms with Gasteiger partial charge in [-0.1, -0.05) is 12.1 Å². The number of alkyl halides is 3. The quantitative estimate of drug-likeness (QED) is 0.326. The molecule has 0 atom stereocenters. The topological polar surface area (TPSA) is 161 Å². The van der Waals surface area contributed by atoms with Crippen molar-refractivity contribution in [3.63, 3.8) is 0 Å². The third-order valence-electron chi connectivity index (χ3n) is 5.00. The van der Waals surface area contributed by atoms with Gasteiger partial charge < -0.3 is 29.7 Å². The number of rotatable bonds is 9. The van der Waals surface area contributed by atoms with E-state index in [9.17, 15) is 32.7 Å². The van der Waals surface area contributed by atoms with Gasteiger partial charge in [-0.2, -0.15) is 13.2 Å². The average molecular weight is 566 g/mol. The fourth-order valence-corrected chi connectivity index (χ4v) is 3.29. The molecule has 0 unspecified atom stereocenters. The summed E-state index contributed by atoms with van der Waals surface area (Å²) < 4.78 is 47.8. The van der Waals surface area contributed by atoms with Crippen molar-refractivity contribution >= 4 is 34.4 Å². The van der Waals surface area contributed by atoms with Crippen molar-refractivity contribution in [1.29, 1.82) is 0 Å². The second kappa shape index (κ2) is 13.3. The molecule has 3 N–H and O–H groups in total. The molecule has 1 amide bonds. The van der Waals surface area contributed by atoms with Crippen LogP contribution in [-0.4, -0.2) is 71.9 Å². The van der Waals surface area contributed by atoms with Gasteiger partial charge in [0, 0.05) is 28.6 Å². The molecule has 0 bridgehead atoms. The van der Waals surface area contributed by atoms with Crippen molar-refractivity contribution in [3.8, 4) is 17.2 Å². The van der Waals surface area contributed by atoms with E-state index in [2.05, 4.69) is 10.3 Å². The Bertz CT molecular complexity index is 1420. The van der Waals surface area contributed by atoms with Crippen LogP contribution >= 0.6 is 0 Å². The number of carboxylic acids is 2. The molecule has 214 valence electrons. The van der Waals surface area contributed by atoms with Gasteiger partial charge in [0.25, 0.3) is 5.91 Å². The molecule has 0 aliphatic carbocycles. The number of hydrogen-bond acceptors (Lipinski definition) is 8. The smallest absolute Gasteiger partial charge is 0.490 e. The average Bonchev–Trinajstić information content (AvgIpc) is 2.89. The summed E-state index contributed by atoms with van der Waals surface area (Å²) in [4.78, 5) is 49.9. The molecule has 3 rings (SSSR count). The molecular weight excluding hydrogens is 541 g/mol. The van der Waals surface area contributed by atoms with Crippen molar-refractivity contribution < 1.29 is 56.8 Å². The Morgan fingerprint density at radius 1 is 0.975 bits per heavy atom. The van der Waals surface area contributed by atoms with Crippen molar-refractivity contribution in [1.82, 2.24) is 10.3 Å². The zero-order chi connectivity index (χ0) is 30.2. The highest BCUT2D eigenvalue weighted by Crippen LogP contribution is 2.35. The van der Waals surface area contributed by atoms with Gasteiger partial charge in [-0.05, 0) is 38.1 Å². The van der Waals surface area contributed by atoms with Gasteiger partial charge in [0.2, 0.25) is 5.78 Å². The molecule has 0 aliphatic rings. The van der Waals surface area contributed by atoms with Gasteiger partial charge >= 0.3 is 18.1 Å². The number of carbonyl (C=O) groups excluding carboxylic acids is 2. The normalized spacial score (nSPS) is 10.8. The molecule has 0 spiro atoms. The Morgan fingerprint density at radius 3 is 2.05 bits per heavy atom. The number of aliphatic carboxylic acids is 1. The zero-order valence-corrected chi connectivity index (χ0v) is 21.7. The summed E-state index contributed by atoms with van der Waals surface area (Å²) in [6, 6.07) is 9.36. The van der Waals surface area contributed by atoms with Crippen molar-refractivity contribution in [2.24, 2.45) is 0 Å². The van der Waals surface area contributed by atoms with E-state index in [1.54, 1.807) is 18.2 Å². The molecular formula is C26H25F3N2O9. The number of pyridine rings is 1. The molecule has 0 saturated heterocycles. The summed E-state index contributed by atoms with van der Waals surface area (Å²) >= 11 is 0. The predicted molar refractivity (Wildman–Crippen MR) is 134 cm³/mol. The number of hydrogen-bond donors (Lipinski definition) is 3. The van der Waals surface area contributed by atoms with Crippen molar-refractivity contribution in [3.05, 3.63) is 59.4 Å². The molecule has 3 aromatic rings. The highest BCUT2D eigenvalue weighted by atomic mass is 19.4. The Balaban J connectivity index is 0.000000708. The molecule has 2 aromatic carbocycles. The number of benzene rings is 2. The lowest BCUT2D eigenvalue weighted by atomic mass is 9.99. The van der Waals surface area contributed by atoms with Crippen LogP contribution < -0.4 is 19.5 Å². The first-order chi connectivity index (χ1) is 18.7. The van der Waals surface area contributed by atoms with Gasteiger partial charge in [0.15, 0.2) is 18.1 Å². The largest absolute Gasteiger partial charge is 0.493 e. The minimum atomic E-state index is -5.08. The maximum absolute atomic E-state index is 13.3.